The molecule has 0 spiro atoms. The maximum absolute atomic E-state index is 11.6. The van der Waals surface area contributed by atoms with E-state index in [1.54, 1.807) is 25.3 Å². The molecular weight excluding hydrogens is 228 g/mol. The molecule has 0 saturated heterocycles. The van der Waals surface area contributed by atoms with E-state index in [0.717, 1.165) is 5.56 Å². The minimum Gasteiger partial charge on any atom is -0.504 e. The number of ether oxygens (including phenoxy) is 1. The summed E-state index contributed by atoms with van der Waals surface area (Å²) in [5, 5.41) is 9.95. The number of methoxy groups -OCH3 is 1. The average Bonchev–Trinajstić information content (AvgIpc) is 2.53. The highest BCUT2D eigenvalue weighted by atomic mass is 16.5. The fraction of sp³-hybridized carbons (Fsp3) is 0.133. The third-order valence-corrected chi connectivity index (χ3v) is 2.76. The first-order valence-corrected chi connectivity index (χ1v) is 5.61. The van der Waals surface area contributed by atoms with Crippen LogP contribution in [0.5, 0.6) is 11.5 Å². The van der Waals surface area contributed by atoms with E-state index in [9.17, 15) is 9.90 Å². The van der Waals surface area contributed by atoms with Gasteiger partial charge in [0.1, 0.15) is 5.75 Å². The number of rotatable bonds is 2. The van der Waals surface area contributed by atoms with E-state index in [1.165, 1.54) is 6.07 Å². The molecule has 2 aromatic rings. The molecule has 0 unspecified atom stereocenters. The van der Waals surface area contributed by atoms with E-state index < -0.39 is 5.43 Å². The van der Waals surface area contributed by atoms with Crippen LogP contribution in [0.3, 0.4) is 0 Å². The quantitative estimate of drug-likeness (QED) is 0.880. The Kier molecular flexibility index (Phi) is 3.33. The number of aromatic hydroxyl groups is 1. The van der Waals surface area contributed by atoms with Crippen LogP contribution in [0.2, 0.25) is 0 Å². The molecule has 18 heavy (non-hydrogen) atoms. The van der Waals surface area contributed by atoms with Crippen molar-refractivity contribution < 1.29 is 9.84 Å². The fourth-order valence-electron chi connectivity index (χ4n) is 1.83. The monoisotopic (exact) mass is 242 g/mol. The largest absolute Gasteiger partial charge is 0.504 e. The summed E-state index contributed by atoms with van der Waals surface area (Å²) in [6.45, 7) is 1.95. The summed E-state index contributed by atoms with van der Waals surface area (Å²) in [5.41, 5.74) is 1.82. The molecule has 3 nitrogen and oxygen atoms in total. The van der Waals surface area contributed by atoms with Gasteiger partial charge in [0.2, 0.25) is 5.43 Å². The Labute approximate surface area is 105 Å². The van der Waals surface area contributed by atoms with Gasteiger partial charge >= 0.3 is 0 Å². The summed E-state index contributed by atoms with van der Waals surface area (Å²) in [7, 11) is 1.56. The molecule has 0 atom stereocenters. The average molecular weight is 242 g/mol. The third kappa shape index (κ3) is 2.20. The van der Waals surface area contributed by atoms with Crippen LogP contribution in [0, 0.1) is 6.92 Å². The van der Waals surface area contributed by atoms with Crippen LogP contribution < -0.4 is 10.2 Å². The molecule has 0 saturated carbocycles. The summed E-state index contributed by atoms with van der Waals surface area (Å²) in [6.07, 6.45) is 0. The highest BCUT2D eigenvalue weighted by Gasteiger charge is 2.11. The summed E-state index contributed by atoms with van der Waals surface area (Å²) >= 11 is 0. The zero-order chi connectivity index (χ0) is 13.1. The van der Waals surface area contributed by atoms with Crippen LogP contribution in [-0.2, 0) is 0 Å². The van der Waals surface area contributed by atoms with Crippen LogP contribution in [0.1, 0.15) is 5.56 Å². The van der Waals surface area contributed by atoms with Crippen molar-refractivity contribution in [2.24, 2.45) is 0 Å². The molecule has 1 N–H and O–H groups in total. The van der Waals surface area contributed by atoms with Crippen LogP contribution in [0.4, 0.5) is 0 Å². The van der Waals surface area contributed by atoms with E-state index in [0.29, 0.717) is 16.9 Å². The van der Waals surface area contributed by atoms with E-state index >= 15 is 0 Å². The lowest BCUT2D eigenvalue weighted by Gasteiger charge is -2.09. The third-order valence-electron chi connectivity index (χ3n) is 2.76. The Morgan fingerprint density at radius 2 is 1.78 bits per heavy atom. The molecule has 0 radical (unpaired) electrons. The number of hydrogen-bond acceptors (Lipinski definition) is 3. The Hall–Kier alpha value is -2.29. The summed E-state index contributed by atoms with van der Waals surface area (Å²) in [5.74, 6) is 0.366. The van der Waals surface area contributed by atoms with Gasteiger partial charge in [-0.05, 0) is 25.1 Å². The number of aryl methyl sites for hydroxylation is 1. The zero-order valence-electron chi connectivity index (χ0n) is 10.3. The van der Waals surface area contributed by atoms with Gasteiger partial charge in [-0.1, -0.05) is 29.8 Å². The van der Waals surface area contributed by atoms with E-state index in [-0.39, 0.29) is 5.75 Å². The second-order valence-electron chi connectivity index (χ2n) is 4.05. The Bertz CT molecular complexity index is 633. The van der Waals surface area contributed by atoms with Crippen LogP contribution in [-0.4, -0.2) is 12.2 Å². The maximum Gasteiger partial charge on any atom is 0.220 e. The standard InChI is InChI=1S/C15H14O3/c1-10-7-8-14(18-2)12(9-10)11-5-3-4-6-13(16)15(11)17/h3-9H,1-2H3,(H,16,17). The lowest BCUT2D eigenvalue weighted by molar-refractivity contribution is 0.415. The van der Waals surface area contributed by atoms with Crippen molar-refractivity contribution in [1.82, 2.24) is 0 Å². The molecule has 0 amide bonds. The molecule has 0 heterocycles. The van der Waals surface area contributed by atoms with Gasteiger partial charge in [0.15, 0.2) is 5.75 Å². The van der Waals surface area contributed by atoms with Gasteiger partial charge in [-0.15, -0.1) is 0 Å². The first-order valence-electron chi connectivity index (χ1n) is 5.61. The minimum absolute atomic E-state index is 0.260. The molecule has 0 aromatic heterocycles. The Morgan fingerprint density at radius 3 is 2.50 bits per heavy atom. The minimum atomic E-state index is -0.404. The number of benzene rings is 1. The SMILES string of the molecule is COc1ccc(C)cc1-c1ccccc(=O)c1O. The first-order chi connectivity index (χ1) is 8.63. The van der Waals surface area contributed by atoms with E-state index in [4.69, 9.17) is 4.74 Å². The van der Waals surface area contributed by atoms with Crippen molar-refractivity contribution >= 4 is 0 Å². The lowest BCUT2D eigenvalue weighted by Crippen LogP contribution is -1.96. The van der Waals surface area contributed by atoms with Crippen molar-refractivity contribution in [2.45, 2.75) is 6.92 Å². The van der Waals surface area contributed by atoms with Crippen molar-refractivity contribution in [2.75, 3.05) is 7.11 Å². The predicted molar refractivity (Wildman–Crippen MR) is 71.1 cm³/mol. The second kappa shape index (κ2) is 4.92. The molecule has 2 rings (SSSR count). The van der Waals surface area contributed by atoms with Crippen molar-refractivity contribution in [3.05, 3.63) is 58.3 Å². The van der Waals surface area contributed by atoms with Crippen molar-refractivity contribution in [3.8, 4) is 22.6 Å². The molecule has 2 aromatic carbocycles. The number of hydrogen-bond donors (Lipinski definition) is 1. The predicted octanol–water partition coefficient (Wildman–Crippen LogP) is 2.74. The van der Waals surface area contributed by atoms with E-state index in [1.807, 2.05) is 25.1 Å². The lowest BCUT2D eigenvalue weighted by atomic mass is 10.0. The van der Waals surface area contributed by atoms with Crippen LogP contribution >= 0.6 is 0 Å². The van der Waals surface area contributed by atoms with E-state index in [2.05, 4.69) is 0 Å². The van der Waals surface area contributed by atoms with Gasteiger partial charge in [0.05, 0.1) is 7.11 Å². The van der Waals surface area contributed by atoms with Crippen molar-refractivity contribution in [3.63, 3.8) is 0 Å². The molecule has 0 aliphatic carbocycles. The maximum atomic E-state index is 11.6. The summed E-state index contributed by atoms with van der Waals surface area (Å²) in [6, 6.07) is 12.0. The molecule has 0 aliphatic heterocycles. The molecule has 92 valence electrons. The molecule has 3 heteroatoms. The van der Waals surface area contributed by atoms with Crippen LogP contribution in [0.25, 0.3) is 11.1 Å². The topological polar surface area (TPSA) is 46.5 Å². The van der Waals surface area contributed by atoms with Gasteiger partial charge < -0.3 is 9.84 Å². The highest BCUT2D eigenvalue weighted by Crippen LogP contribution is 2.34. The first kappa shape index (κ1) is 12.2. The van der Waals surface area contributed by atoms with Gasteiger partial charge in [0.25, 0.3) is 0 Å². The smallest absolute Gasteiger partial charge is 0.220 e. The van der Waals surface area contributed by atoms with Crippen LogP contribution in [0.15, 0.2) is 47.3 Å². The fourth-order valence-corrected chi connectivity index (χ4v) is 1.83. The van der Waals surface area contributed by atoms with Crippen molar-refractivity contribution in [1.29, 1.82) is 0 Å². The molecule has 0 fully saturated rings. The van der Waals surface area contributed by atoms with Gasteiger partial charge in [-0.3, -0.25) is 4.79 Å². The highest BCUT2D eigenvalue weighted by molar-refractivity contribution is 5.75. The second-order valence-corrected chi connectivity index (χ2v) is 4.05. The Morgan fingerprint density at radius 1 is 1.06 bits per heavy atom. The normalized spacial score (nSPS) is 10.1. The van der Waals surface area contributed by atoms with Gasteiger partial charge in [-0.25, -0.2) is 0 Å². The van der Waals surface area contributed by atoms with Gasteiger partial charge in [-0.2, -0.15) is 0 Å². The zero-order valence-corrected chi connectivity index (χ0v) is 10.3. The summed E-state index contributed by atoms with van der Waals surface area (Å²) < 4.78 is 5.27. The molecular formula is C15H14O3. The molecule has 0 bridgehead atoms. The Balaban J connectivity index is 2.77. The molecule has 0 aliphatic rings. The summed E-state index contributed by atoms with van der Waals surface area (Å²) in [4.78, 5) is 11.6. The van der Waals surface area contributed by atoms with Gasteiger partial charge in [0, 0.05) is 11.1 Å².